The minimum Gasteiger partial charge on any atom is -0.342 e. The van der Waals surface area contributed by atoms with E-state index in [1.165, 1.54) is 0 Å². The van der Waals surface area contributed by atoms with Crippen LogP contribution in [0, 0.1) is 11.8 Å². The van der Waals surface area contributed by atoms with Crippen molar-refractivity contribution in [1.82, 2.24) is 4.90 Å². The van der Waals surface area contributed by atoms with Crippen LogP contribution in [-0.2, 0) is 4.79 Å². The van der Waals surface area contributed by atoms with Crippen molar-refractivity contribution in [2.75, 3.05) is 13.1 Å². The standard InChI is InChI=1S/C13H24BrNO/c1-4-11(5-2)13(16)15-8-6-12(7-9-15)10(3)14/h10-12H,4-9H2,1-3H3. The van der Waals surface area contributed by atoms with E-state index in [-0.39, 0.29) is 5.92 Å². The van der Waals surface area contributed by atoms with Crippen molar-refractivity contribution < 1.29 is 4.79 Å². The van der Waals surface area contributed by atoms with Gasteiger partial charge in [0.1, 0.15) is 0 Å². The molecule has 1 saturated heterocycles. The van der Waals surface area contributed by atoms with E-state index in [9.17, 15) is 4.79 Å². The molecule has 0 bridgehead atoms. The molecule has 1 fully saturated rings. The van der Waals surface area contributed by atoms with Crippen LogP contribution >= 0.6 is 15.9 Å². The van der Waals surface area contributed by atoms with Crippen LogP contribution < -0.4 is 0 Å². The van der Waals surface area contributed by atoms with Gasteiger partial charge in [-0.2, -0.15) is 0 Å². The maximum atomic E-state index is 12.2. The first kappa shape index (κ1) is 14.0. The number of carbonyl (C=O) groups is 1. The van der Waals surface area contributed by atoms with Gasteiger partial charge in [0.15, 0.2) is 0 Å². The first-order valence-electron chi connectivity index (χ1n) is 6.52. The average molecular weight is 290 g/mol. The highest BCUT2D eigenvalue weighted by molar-refractivity contribution is 9.09. The van der Waals surface area contributed by atoms with Gasteiger partial charge >= 0.3 is 0 Å². The molecular formula is C13H24BrNO. The number of rotatable bonds is 4. The first-order valence-corrected chi connectivity index (χ1v) is 7.44. The first-order chi connectivity index (χ1) is 7.60. The highest BCUT2D eigenvalue weighted by Crippen LogP contribution is 2.26. The molecule has 0 saturated carbocycles. The van der Waals surface area contributed by atoms with Gasteiger partial charge in [0.2, 0.25) is 5.91 Å². The van der Waals surface area contributed by atoms with Crippen LogP contribution in [0.3, 0.4) is 0 Å². The van der Waals surface area contributed by atoms with Gasteiger partial charge in [-0.1, -0.05) is 36.7 Å². The van der Waals surface area contributed by atoms with Gasteiger partial charge in [0.25, 0.3) is 0 Å². The Morgan fingerprint density at radius 2 is 1.81 bits per heavy atom. The van der Waals surface area contributed by atoms with Crippen LogP contribution in [0.15, 0.2) is 0 Å². The molecular weight excluding hydrogens is 266 g/mol. The maximum Gasteiger partial charge on any atom is 0.225 e. The van der Waals surface area contributed by atoms with Gasteiger partial charge in [0, 0.05) is 23.8 Å². The van der Waals surface area contributed by atoms with Gasteiger partial charge in [-0.15, -0.1) is 0 Å². The van der Waals surface area contributed by atoms with Crippen LogP contribution in [0.2, 0.25) is 0 Å². The smallest absolute Gasteiger partial charge is 0.225 e. The summed E-state index contributed by atoms with van der Waals surface area (Å²) in [6.07, 6.45) is 4.25. The number of hydrogen-bond donors (Lipinski definition) is 0. The van der Waals surface area contributed by atoms with Crippen molar-refractivity contribution in [3.8, 4) is 0 Å². The Bertz CT molecular complexity index is 218. The van der Waals surface area contributed by atoms with Crippen molar-refractivity contribution >= 4 is 21.8 Å². The summed E-state index contributed by atoms with van der Waals surface area (Å²) in [5.41, 5.74) is 0. The topological polar surface area (TPSA) is 20.3 Å². The fourth-order valence-corrected chi connectivity index (χ4v) is 3.00. The summed E-state index contributed by atoms with van der Waals surface area (Å²) in [4.78, 5) is 14.8. The highest BCUT2D eigenvalue weighted by Gasteiger charge is 2.27. The van der Waals surface area contributed by atoms with Crippen LogP contribution in [-0.4, -0.2) is 28.7 Å². The quantitative estimate of drug-likeness (QED) is 0.726. The average Bonchev–Trinajstić information content (AvgIpc) is 2.30. The number of carbonyl (C=O) groups excluding carboxylic acids is 1. The molecule has 16 heavy (non-hydrogen) atoms. The third-order valence-corrected chi connectivity index (χ3v) is 4.58. The lowest BCUT2D eigenvalue weighted by Gasteiger charge is -2.35. The minimum atomic E-state index is 0.248. The molecule has 1 rings (SSSR count). The van der Waals surface area contributed by atoms with Crippen molar-refractivity contribution in [2.45, 2.75) is 51.3 Å². The zero-order chi connectivity index (χ0) is 12.1. The molecule has 0 aliphatic carbocycles. The van der Waals surface area contributed by atoms with Crippen molar-refractivity contribution in [3.05, 3.63) is 0 Å². The molecule has 0 N–H and O–H groups in total. The molecule has 0 radical (unpaired) electrons. The van der Waals surface area contributed by atoms with Gasteiger partial charge in [-0.3, -0.25) is 4.79 Å². The van der Waals surface area contributed by atoms with Crippen molar-refractivity contribution in [2.24, 2.45) is 11.8 Å². The molecule has 1 atom stereocenters. The number of likely N-dealkylation sites (tertiary alicyclic amines) is 1. The third kappa shape index (κ3) is 3.47. The monoisotopic (exact) mass is 289 g/mol. The summed E-state index contributed by atoms with van der Waals surface area (Å²) in [5, 5.41) is 0. The second-order valence-electron chi connectivity index (χ2n) is 4.85. The van der Waals surface area contributed by atoms with Crippen LogP contribution in [0.1, 0.15) is 46.5 Å². The molecule has 0 aromatic carbocycles. The fourth-order valence-electron chi connectivity index (χ4n) is 2.48. The summed E-state index contributed by atoms with van der Waals surface area (Å²) >= 11 is 3.65. The summed E-state index contributed by atoms with van der Waals surface area (Å²) in [6.45, 7) is 8.34. The van der Waals surface area contributed by atoms with Crippen LogP contribution in [0.25, 0.3) is 0 Å². The Labute approximate surface area is 108 Å². The Kier molecular flexibility index (Phi) is 5.81. The largest absolute Gasteiger partial charge is 0.342 e. The predicted molar refractivity (Wildman–Crippen MR) is 71.8 cm³/mol. The third-order valence-electron chi connectivity index (χ3n) is 3.84. The van der Waals surface area contributed by atoms with Crippen LogP contribution in [0.5, 0.6) is 0 Å². The molecule has 1 amide bonds. The van der Waals surface area contributed by atoms with Gasteiger partial charge in [-0.25, -0.2) is 0 Å². The summed E-state index contributed by atoms with van der Waals surface area (Å²) < 4.78 is 0. The van der Waals surface area contributed by atoms with Crippen molar-refractivity contribution in [1.29, 1.82) is 0 Å². The van der Waals surface area contributed by atoms with Crippen molar-refractivity contribution in [3.63, 3.8) is 0 Å². The molecule has 0 spiro atoms. The lowest BCUT2D eigenvalue weighted by atomic mass is 9.92. The highest BCUT2D eigenvalue weighted by atomic mass is 79.9. The van der Waals surface area contributed by atoms with E-state index in [1.54, 1.807) is 0 Å². The van der Waals surface area contributed by atoms with E-state index in [2.05, 4.69) is 41.6 Å². The molecule has 1 aliphatic rings. The molecule has 94 valence electrons. The van der Waals surface area contributed by atoms with Gasteiger partial charge < -0.3 is 4.90 Å². The summed E-state index contributed by atoms with van der Waals surface area (Å²) in [7, 11) is 0. The normalized spacial score (nSPS) is 20.2. The number of amides is 1. The second-order valence-corrected chi connectivity index (χ2v) is 6.30. The molecule has 0 aromatic heterocycles. The number of piperidine rings is 1. The number of halogens is 1. The molecule has 3 heteroatoms. The minimum absolute atomic E-state index is 0.248. The van der Waals surface area contributed by atoms with E-state index in [1.807, 2.05) is 0 Å². The van der Waals surface area contributed by atoms with Gasteiger partial charge in [-0.05, 0) is 31.6 Å². The Morgan fingerprint density at radius 3 is 2.19 bits per heavy atom. The second kappa shape index (κ2) is 6.63. The molecule has 0 aromatic rings. The zero-order valence-electron chi connectivity index (χ0n) is 10.7. The maximum absolute atomic E-state index is 12.2. The van der Waals surface area contributed by atoms with E-state index < -0.39 is 0 Å². The summed E-state index contributed by atoms with van der Waals surface area (Å²) in [5.74, 6) is 1.37. The van der Waals surface area contributed by atoms with E-state index in [0.29, 0.717) is 10.7 Å². The Morgan fingerprint density at radius 1 is 1.31 bits per heavy atom. The van der Waals surface area contributed by atoms with Crippen LogP contribution in [0.4, 0.5) is 0 Å². The number of nitrogens with zero attached hydrogens (tertiary/aromatic N) is 1. The Balaban J connectivity index is 2.44. The van der Waals surface area contributed by atoms with Gasteiger partial charge in [0.05, 0.1) is 0 Å². The lowest BCUT2D eigenvalue weighted by molar-refractivity contribution is -0.137. The number of alkyl halides is 1. The van der Waals surface area contributed by atoms with E-state index in [4.69, 9.17) is 0 Å². The van der Waals surface area contributed by atoms with E-state index >= 15 is 0 Å². The lowest BCUT2D eigenvalue weighted by Crippen LogP contribution is -2.42. The number of hydrogen-bond acceptors (Lipinski definition) is 1. The zero-order valence-corrected chi connectivity index (χ0v) is 12.3. The molecule has 2 nitrogen and oxygen atoms in total. The molecule has 1 unspecified atom stereocenters. The Hall–Kier alpha value is -0.0500. The molecule has 1 heterocycles. The summed E-state index contributed by atoms with van der Waals surface area (Å²) in [6, 6.07) is 0. The molecule has 1 aliphatic heterocycles. The SMILES string of the molecule is CCC(CC)C(=O)N1CCC(C(C)Br)CC1. The fraction of sp³-hybridized carbons (Fsp3) is 0.923. The van der Waals surface area contributed by atoms with E-state index in [0.717, 1.165) is 44.7 Å². The predicted octanol–water partition coefficient (Wildman–Crippen LogP) is 3.44.